The molecule has 5 heteroatoms. The Kier molecular flexibility index (Phi) is 3.78. The molecular formula is C15H25N5. The molecule has 2 saturated carbocycles. The first-order valence-corrected chi connectivity index (χ1v) is 7.79. The maximum Gasteiger partial charge on any atom is 0.145 e. The zero-order valence-corrected chi connectivity index (χ0v) is 12.4. The van der Waals surface area contributed by atoms with Crippen molar-refractivity contribution in [2.75, 3.05) is 10.7 Å². The highest BCUT2D eigenvalue weighted by Crippen LogP contribution is 2.39. The summed E-state index contributed by atoms with van der Waals surface area (Å²) in [5, 5.41) is 3.61. The number of nitrogens with one attached hydrogen (secondary N) is 2. The number of anilines is 2. The van der Waals surface area contributed by atoms with Crippen molar-refractivity contribution in [3.05, 3.63) is 11.9 Å². The quantitative estimate of drug-likeness (QED) is 0.582. The summed E-state index contributed by atoms with van der Waals surface area (Å²) in [6.45, 7) is 4.69. The molecule has 4 N–H and O–H groups in total. The molecule has 0 saturated heterocycles. The Morgan fingerprint density at radius 2 is 1.85 bits per heavy atom. The molecule has 2 fully saturated rings. The smallest absolute Gasteiger partial charge is 0.145 e. The fraction of sp³-hybridized carbons (Fsp3) is 0.733. The molecule has 5 nitrogen and oxygen atoms in total. The van der Waals surface area contributed by atoms with Crippen molar-refractivity contribution < 1.29 is 0 Å². The molecule has 0 bridgehead atoms. The summed E-state index contributed by atoms with van der Waals surface area (Å²) in [5.74, 6) is 10.1. The van der Waals surface area contributed by atoms with Gasteiger partial charge < -0.3 is 10.7 Å². The van der Waals surface area contributed by atoms with Crippen molar-refractivity contribution in [1.82, 2.24) is 9.97 Å². The van der Waals surface area contributed by atoms with Gasteiger partial charge in [0.2, 0.25) is 0 Å². The molecule has 2 aliphatic rings. The van der Waals surface area contributed by atoms with Gasteiger partial charge in [-0.3, -0.25) is 0 Å². The second-order valence-corrected chi connectivity index (χ2v) is 6.43. The first-order chi connectivity index (χ1) is 9.67. The molecular weight excluding hydrogens is 250 g/mol. The molecule has 0 spiro atoms. The molecule has 1 aromatic rings. The van der Waals surface area contributed by atoms with Gasteiger partial charge in [-0.1, -0.05) is 26.7 Å². The minimum Gasteiger partial charge on any atom is -0.367 e. The molecule has 3 rings (SSSR count). The number of nitrogens with zero attached hydrogens (tertiary/aromatic N) is 2. The summed E-state index contributed by atoms with van der Waals surface area (Å²) in [5.41, 5.74) is 2.66. The predicted molar refractivity (Wildman–Crippen MR) is 81.4 cm³/mol. The van der Waals surface area contributed by atoms with E-state index in [1.807, 2.05) is 6.07 Å². The van der Waals surface area contributed by atoms with Crippen LogP contribution in [0, 0.1) is 11.8 Å². The molecule has 1 heterocycles. The summed E-state index contributed by atoms with van der Waals surface area (Å²) in [4.78, 5) is 9.13. The van der Waals surface area contributed by atoms with Gasteiger partial charge in [0.1, 0.15) is 17.5 Å². The molecule has 3 atom stereocenters. The van der Waals surface area contributed by atoms with Gasteiger partial charge in [-0.15, -0.1) is 0 Å². The van der Waals surface area contributed by atoms with Gasteiger partial charge in [-0.2, -0.15) is 0 Å². The molecule has 3 unspecified atom stereocenters. The lowest BCUT2D eigenvalue weighted by Gasteiger charge is -2.35. The third kappa shape index (κ3) is 2.87. The van der Waals surface area contributed by atoms with Gasteiger partial charge in [0, 0.05) is 18.0 Å². The van der Waals surface area contributed by atoms with E-state index in [4.69, 9.17) is 5.84 Å². The van der Waals surface area contributed by atoms with Gasteiger partial charge in [-0.25, -0.2) is 15.8 Å². The minimum absolute atomic E-state index is 0.506. The van der Waals surface area contributed by atoms with E-state index in [9.17, 15) is 0 Å². The Morgan fingerprint density at radius 3 is 2.55 bits per heavy atom. The third-order valence-corrected chi connectivity index (χ3v) is 4.87. The van der Waals surface area contributed by atoms with Crippen LogP contribution in [0.4, 0.5) is 11.6 Å². The SMILES string of the molecule is CC1CCCC(Nc2cc(NN)nc(C3CC3)n2)C1C. The molecule has 2 aliphatic carbocycles. The van der Waals surface area contributed by atoms with E-state index in [2.05, 4.69) is 34.6 Å². The summed E-state index contributed by atoms with van der Waals surface area (Å²) < 4.78 is 0. The standard InChI is InChI=1S/C15H25N5/c1-9-4-3-5-12(10(9)2)17-13-8-14(20-16)19-15(18-13)11-6-7-11/h8-12H,3-7,16H2,1-2H3,(H2,17,18,19,20). The van der Waals surface area contributed by atoms with E-state index in [0.29, 0.717) is 23.7 Å². The molecule has 20 heavy (non-hydrogen) atoms. The summed E-state index contributed by atoms with van der Waals surface area (Å²) in [6.07, 6.45) is 6.26. The van der Waals surface area contributed by atoms with E-state index in [-0.39, 0.29) is 0 Å². The minimum atomic E-state index is 0.506. The van der Waals surface area contributed by atoms with Crippen molar-refractivity contribution in [2.45, 2.75) is 57.9 Å². The van der Waals surface area contributed by atoms with Crippen LogP contribution in [0.5, 0.6) is 0 Å². The molecule has 110 valence electrons. The van der Waals surface area contributed by atoms with Crippen LogP contribution in [-0.2, 0) is 0 Å². The molecule has 0 aromatic carbocycles. The number of hydrazine groups is 1. The Morgan fingerprint density at radius 1 is 1.10 bits per heavy atom. The normalized spacial score (nSPS) is 30.1. The highest BCUT2D eigenvalue weighted by molar-refractivity contribution is 5.48. The lowest BCUT2D eigenvalue weighted by molar-refractivity contribution is 0.253. The van der Waals surface area contributed by atoms with Crippen molar-refractivity contribution in [3.8, 4) is 0 Å². The fourth-order valence-corrected chi connectivity index (χ4v) is 3.11. The number of hydrogen-bond donors (Lipinski definition) is 3. The van der Waals surface area contributed by atoms with Crippen LogP contribution in [-0.4, -0.2) is 16.0 Å². The second kappa shape index (κ2) is 5.56. The summed E-state index contributed by atoms with van der Waals surface area (Å²) in [6, 6.07) is 2.42. The van der Waals surface area contributed by atoms with E-state index in [1.54, 1.807) is 0 Å². The van der Waals surface area contributed by atoms with Crippen LogP contribution in [0.15, 0.2) is 6.07 Å². The van der Waals surface area contributed by atoms with Crippen LogP contribution in [0.25, 0.3) is 0 Å². The van der Waals surface area contributed by atoms with E-state index in [1.165, 1.54) is 32.1 Å². The van der Waals surface area contributed by atoms with Crippen molar-refractivity contribution >= 4 is 11.6 Å². The van der Waals surface area contributed by atoms with Gasteiger partial charge in [0.15, 0.2) is 0 Å². The van der Waals surface area contributed by atoms with Crippen molar-refractivity contribution in [1.29, 1.82) is 0 Å². The zero-order valence-electron chi connectivity index (χ0n) is 12.4. The highest BCUT2D eigenvalue weighted by Gasteiger charge is 2.29. The number of aromatic nitrogens is 2. The second-order valence-electron chi connectivity index (χ2n) is 6.43. The molecule has 1 aromatic heterocycles. The van der Waals surface area contributed by atoms with Crippen molar-refractivity contribution in [3.63, 3.8) is 0 Å². The lowest BCUT2D eigenvalue weighted by Crippen LogP contribution is -2.35. The first-order valence-electron chi connectivity index (χ1n) is 7.79. The van der Waals surface area contributed by atoms with Gasteiger partial charge >= 0.3 is 0 Å². The monoisotopic (exact) mass is 275 g/mol. The maximum atomic E-state index is 5.52. The Balaban J connectivity index is 1.77. The van der Waals surface area contributed by atoms with Crippen LogP contribution < -0.4 is 16.6 Å². The molecule has 0 amide bonds. The average Bonchev–Trinajstić information content (AvgIpc) is 3.28. The first kappa shape index (κ1) is 13.6. The lowest BCUT2D eigenvalue weighted by atomic mass is 9.78. The average molecular weight is 275 g/mol. The van der Waals surface area contributed by atoms with Crippen LogP contribution in [0.3, 0.4) is 0 Å². The maximum absolute atomic E-state index is 5.52. The zero-order chi connectivity index (χ0) is 14.1. The van der Waals surface area contributed by atoms with E-state index >= 15 is 0 Å². The predicted octanol–water partition coefficient (Wildman–Crippen LogP) is 2.88. The van der Waals surface area contributed by atoms with Gasteiger partial charge in [-0.05, 0) is 31.1 Å². The molecule has 0 radical (unpaired) electrons. The Bertz CT molecular complexity index is 471. The third-order valence-electron chi connectivity index (χ3n) is 4.87. The van der Waals surface area contributed by atoms with E-state index in [0.717, 1.165) is 17.6 Å². The summed E-state index contributed by atoms with van der Waals surface area (Å²) >= 11 is 0. The number of rotatable bonds is 4. The van der Waals surface area contributed by atoms with Crippen LogP contribution >= 0.6 is 0 Å². The Hall–Kier alpha value is -1.36. The fourth-order valence-electron chi connectivity index (χ4n) is 3.11. The number of hydrogen-bond acceptors (Lipinski definition) is 5. The molecule has 0 aliphatic heterocycles. The van der Waals surface area contributed by atoms with E-state index < -0.39 is 0 Å². The Labute approximate surface area is 120 Å². The largest absolute Gasteiger partial charge is 0.367 e. The number of nitrogens with two attached hydrogens (primary N) is 1. The van der Waals surface area contributed by atoms with Gasteiger partial charge in [0.25, 0.3) is 0 Å². The summed E-state index contributed by atoms with van der Waals surface area (Å²) in [7, 11) is 0. The number of nitrogen functional groups attached to an aromatic ring is 1. The van der Waals surface area contributed by atoms with Crippen LogP contribution in [0.1, 0.15) is 57.7 Å². The topological polar surface area (TPSA) is 75.9 Å². The van der Waals surface area contributed by atoms with Crippen LogP contribution in [0.2, 0.25) is 0 Å². The highest BCUT2D eigenvalue weighted by atomic mass is 15.3. The van der Waals surface area contributed by atoms with Gasteiger partial charge in [0.05, 0.1) is 0 Å². The van der Waals surface area contributed by atoms with Crippen molar-refractivity contribution in [2.24, 2.45) is 17.7 Å².